The van der Waals surface area contributed by atoms with Crippen molar-refractivity contribution in [2.45, 2.75) is 26.3 Å². The van der Waals surface area contributed by atoms with Gasteiger partial charge in [0.1, 0.15) is 0 Å². The van der Waals surface area contributed by atoms with Crippen molar-refractivity contribution in [2.24, 2.45) is 5.92 Å². The lowest BCUT2D eigenvalue weighted by Gasteiger charge is -2.47. The molecule has 2 saturated heterocycles. The molecule has 0 aromatic rings. The third kappa shape index (κ3) is 2.38. The lowest BCUT2D eigenvalue weighted by molar-refractivity contribution is -0.142. The molecule has 4 heteroatoms. The molecule has 16 heavy (non-hydrogen) atoms. The van der Waals surface area contributed by atoms with E-state index in [9.17, 15) is 4.79 Å². The summed E-state index contributed by atoms with van der Waals surface area (Å²) in [5, 5.41) is 3.36. The second kappa shape index (κ2) is 5.15. The molecule has 1 atom stereocenters. The summed E-state index contributed by atoms with van der Waals surface area (Å²) in [6.07, 6.45) is 0.952. The van der Waals surface area contributed by atoms with E-state index in [-0.39, 0.29) is 5.92 Å². The highest BCUT2D eigenvalue weighted by atomic mass is 16.2. The van der Waals surface area contributed by atoms with Crippen molar-refractivity contribution >= 4 is 5.91 Å². The summed E-state index contributed by atoms with van der Waals surface area (Å²) >= 11 is 0. The summed E-state index contributed by atoms with van der Waals surface area (Å²) in [6.45, 7) is 10.5. The number of amides is 1. The van der Waals surface area contributed by atoms with E-state index in [1.54, 1.807) is 0 Å². The molecule has 1 unspecified atom stereocenters. The summed E-state index contributed by atoms with van der Waals surface area (Å²) in [5.74, 6) is 0.540. The molecule has 1 amide bonds. The molecular formula is C12H23N3O. The minimum Gasteiger partial charge on any atom is -0.339 e. The zero-order chi connectivity index (χ0) is 11.5. The van der Waals surface area contributed by atoms with Gasteiger partial charge in [-0.1, -0.05) is 13.8 Å². The highest BCUT2D eigenvalue weighted by molar-refractivity contribution is 5.79. The van der Waals surface area contributed by atoms with E-state index in [4.69, 9.17) is 0 Å². The highest BCUT2D eigenvalue weighted by Crippen LogP contribution is 2.19. The van der Waals surface area contributed by atoms with Crippen molar-refractivity contribution in [1.82, 2.24) is 15.1 Å². The number of nitrogens with one attached hydrogen (secondary N) is 1. The lowest BCUT2D eigenvalue weighted by atomic mass is 10.0. The Morgan fingerprint density at radius 3 is 2.56 bits per heavy atom. The quantitative estimate of drug-likeness (QED) is 0.742. The zero-order valence-corrected chi connectivity index (χ0v) is 10.4. The topological polar surface area (TPSA) is 35.6 Å². The van der Waals surface area contributed by atoms with Crippen LogP contribution in [0, 0.1) is 5.92 Å². The third-order valence-electron chi connectivity index (χ3n) is 3.88. The van der Waals surface area contributed by atoms with Gasteiger partial charge in [-0.25, -0.2) is 0 Å². The Hall–Kier alpha value is -0.610. The van der Waals surface area contributed by atoms with Crippen LogP contribution in [-0.4, -0.2) is 61.0 Å². The monoisotopic (exact) mass is 225 g/mol. The molecule has 92 valence electrons. The summed E-state index contributed by atoms with van der Waals surface area (Å²) in [4.78, 5) is 16.4. The number of nitrogens with zero attached hydrogens (tertiary/aromatic N) is 2. The van der Waals surface area contributed by atoms with Crippen molar-refractivity contribution in [3.05, 3.63) is 0 Å². The molecule has 2 aliphatic heterocycles. The zero-order valence-electron chi connectivity index (χ0n) is 10.4. The number of carbonyl (C=O) groups is 1. The first-order valence-corrected chi connectivity index (χ1v) is 6.46. The lowest BCUT2D eigenvalue weighted by Crippen LogP contribution is -2.64. The Morgan fingerprint density at radius 1 is 1.38 bits per heavy atom. The second-order valence-electron chi connectivity index (χ2n) is 4.99. The van der Waals surface area contributed by atoms with E-state index in [0.717, 1.165) is 45.7 Å². The average Bonchev–Trinajstić information content (AvgIpc) is 2.27. The van der Waals surface area contributed by atoms with Crippen LogP contribution in [0.3, 0.4) is 0 Å². The normalized spacial score (nSPS) is 25.2. The molecule has 0 bridgehead atoms. The van der Waals surface area contributed by atoms with Crippen LogP contribution < -0.4 is 5.32 Å². The van der Waals surface area contributed by atoms with Crippen LogP contribution in [0.15, 0.2) is 0 Å². The van der Waals surface area contributed by atoms with Gasteiger partial charge in [-0.05, 0) is 6.42 Å². The van der Waals surface area contributed by atoms with E-state index in [0.29, 0.717) is 11.9 Å². The first-order valence-electron chi connectivity index (χ1n) is 6.46. The average molecular weight is 225 g/mol. The second-order valence-corrected chi connectivity index (χ2v) is 4.99. The van der Waals surface area contributed by atoms with E-state index in [2.05, 4.69) is 17.1 Å². The first kappa shape index (κ1) is 11.9. The van der Waals surface area contributed by atoms with Crippen molar-refractivity contribution in [2.75, 3.05) is 39.3 Å². The molecule has 1 N–H and O–H groups in total. The Balaban J connectivity index is 1.74. The predicted molar refractivity (Wildman–Crippen MR) is 64.3 cm³/mol. The van der Waals surface area contributed by atoms with Crippen molar-refractivity contribution < 1.29 is 4.79 Å². The van der Waals surface area contributed by atoms with E-state index >= 15 is 0 Å². The van der Waals surface area contributed by atoms with Crippen LogP contribution in [0.1, 0.15) is 20.3 Å². The molecule has 2 aliphatic rings. The molecule has 0 aromatic heterocycles. The summed E-state index contributed by atoms with van der Waals surface area (Å²) in [5.41, 5.74) is 0. The minimum absolute atomic E-state index is 0.198. The third-order valence-corrected chi connectivity index (χ3v) is 3.88. The van der Waals surface area contributed by atoms with Gasteiger partial charge in [-0.2, -0.15) is 0 Å². The number of hydrogen-bond donors (Lipinski definition) is 1. The fourth-order valence-electron chi connectivity index (χ4n) is 2.40. The fourth-order valence-corrected chi connectivity index (χ4v) is 2.40. The molecule has 4 nitrogen and oxygen atoms in total. The molecule has 2 heterocycles. The number of piperazine rings is 1. The number of rotatable bonds is 3. The van der Waals surface area contributed by atoms with E-state index in [1.807, 2.05) is 11.8 Å². The molecule has 0 aliphatic carbocycles. The van der Waals surface area contributed by atoms with Crippen LogP contribution in [-0.2, 0) is 4.79 Å². The fraction of sp³-hybridized carbons (Fsp3) is 0.917. The molecule has 0 aromatic carbocycles. The molecule has 0 radical (unpaired) electrons. The van der Waals surface area contributed by atoms with Crippen LogP contribution >= 0.6 is 0 Å². The van der Waals surface area contributed by atoms with Gasteiger partial charge in [-0.15, -0.1) is 0 Å². The maximum absolute atomic E-state index is 11.9. The number of carbonyl (C=O) groups excluding carboxylic acids is 1. The molecule has 2 rings (SSSR count). The van der Waals surface area contributed by atoms with Gasteiger partial charge in [0, 0.05) is 51.2 Å². The Bertz CT molecular complexity index is 245. The Kier molecular flexibility index (Phi) is 3.82. The van der Waals surface area contributed by atoms with Gasteiger partial charge in [0.15, 0.2) is 0 Å². The number of hydrogen-bond acceptors (Lipinski definition) is 3. The predicted octanol–water partition coefficient (Wildman–Crippen LogP) is 0.149. The van der Waals surface area contributed by atoms with Crippen LogP contribution in [0.5, 0.6) is 0 Å². The van der Waals surface area contributed by atoms with E-state index in [1.165, 1.54) is 0 Å². The molecule has 0 spiro atoms. The van der Waals surface area contributed by atoms with Crippen molar-refractivity contribution in [3.63, 3.8) is 0 Å². The Morgan fingerprint density at radius 2 is 2.00 bits per heavy atom. The van der Waals surface area contributed by atoms with Crippen LogP contribution in [0.25, 0.3) is 0 Å². The molecule has 0 saturated carbocycles. The minimum atomic E-state index is 0.198. The van der Waals surface area contributed by atoms with Gasteiger partial charge in [0.25, 0.3) is 0 Å². The summed E-state index contributed by atoms with van der Waals surface area (Å²) < 4.78 is 0. The van der Waals surface area contributed by atoms with Gasteiger partial charge >= 0.3 is 0 Å². The SMILES string of the molecule is CCC(C)C(=O)N1CC(N2CCNCC2)C1. The first-order chi connectivity index (χ1) is 7.72. The van der Waals surface area contributed by atoms with Gasteiger partial charge < -0.3 is 10.2 Å². The van der Waals surface area contributed by atoms with Crippen molar-refractivity contribution in [3.8, 4) is 0 Å². The highest BCUT2D eigenvalue weighted by Gasteiger charge is 2.36. The molecule has 2 fully saturated rings. The Labute approximate surface area is 98.0 Å². The van der Waals surface area contributed by atoms with Gasteiger partial charge in [0.05, 0.1) is 0 Å². The van der Waals surface area contributed by atoms with Gasteiger partial charge in [-0.3, -0.25) is 9.69 Å². The summed E-state index contributed by atoms with van der Waals surface area (Å²) in [7, 11) is 0. The molecular weight excluding hydrogens is 202 g/mol. The van der Waals surface area contributed by atoms with Gasteiger partial charge in [0.2, 0.25) is 5.91 Å². The van der Waals surface area contributed by atoms with Crippen molar-refractivity contribution in [1.29, 1.82) is 0 Å². The smallest absolute Gasteiger partial charge is 0.225 e. The standard InChI is InChI=1S/C12H23N3O/c1-3-10(2)12(16)15-8-11(9-15)14-6-4-13-5-7-14/h10-11,13H,3-9H2,1-2H3. The van der Waals surface area contributed by atoms with E-state index < -0.39 is 0 Å². The number of likely N-dealkylation sites (tertiary alicyclic amines) is 1. The maximum Gasteiger partial charge on any atom is 0.225 e. The van der Waals surface area contributed by atoms with Crippen LogP contribution in [0.4, 0.5) is 0 Å². The van der Waals surface area contributed by atoms with Crippen LogP contribution in [0.2, 0.25) is 0 Å². The maximum atomic E-state index is 11.9. The largest absolute Gasteiger partial charge is 0.339 e. The summed E-state index contributed by atoms with van der Waals surface area (Å²) in [6, 6.07) is 0.620.